The van der Waals surface area contributed by atoms with Crippen molar-refractivity contribution in [1.29, 1.82) is 5.26 Å². The number of amides is 2. The molecule has 7 nitrogen and oxygen atoms in total. The molecule has 3 aromatic carbocycles. The van der Waals surface area contributed by atoms with Crippen molar-refractivity contribution in [2.24, 2.45) is 0 Å². The molecule has 36 heavy (non-hydrogen) atoms. The van der Waals surface area contributed by atoms with Gasteiger partial charge >= 0.3 is 6.09 Å². The molecule has 0 fully saturated rings. The van der Waals surface area contributed by atoms with E-state index in [0.29, 0.717) is 0 Å². The van der Waals surface area contributed by atoms with Gasteiger partial charge in [-0.05, 0) is 40.8 Å². The summed E-state index contributed by atoms with van der Waals surface area (Å²) in [7, 11) is 0. The quantitative estimate of drug-likeness (QED) is 0.359. The van der Waals surface area contributed by atoms with E-state index in [4.69, 9.17) is 10.00 Å². The molecule has 1 heterocycles. The van der Waals surface area contributed by atoms with E-state index in [1.165, 1.54) is 0 Å². The van der Waals surface area contributed by atoms with Gasteiger partial charge in [-0.3, -0.25) is 4.79 Å². The molecule has 0 saturated carbocycles. The van der Waals surface area contributed by atoms with Crippen LogP contribution in [-0.4, -0.2) is 35.7 Å². The Balaban J connectivity index is 1.32. The van der Waals surface area contributed by atoms with Gasteiger partial charge in [0.15, 0.2) is 0 Å². The zero-order valence-corrected chi connectivity index (χ0v) is 19.8. The highest BCUT2D eigenvalue weighted by atomic mass is 16.5. The lowest BCUT2D eigenvalue weighted by Crippen LogP contribution is -2.50. The van der Waals surface area contributed by atoms with Crippen molar-refractivity contribution in [2.75, 3.05) is 6.61 Å². The van der Waals surface area contributed by atoms with E-state index >= 15 is 0 Å². The summed E-state index contributed by atoms with van der Waals surface area (Å²) < 4.78 is 5.66. The summed E-state index contributed by atoms with van der Waals surface area (Å²) in [5.41, 5.74) is 6.34. The van der Waals surface area contributed by atoms with Crippen LogP contribution in [0.15, 0.2) is 79.0 Å². The highest BCUT2D eigenvalue weighted by Crippen LogP contribution is 2.44. The lowest BCUT2D eigenvalue weighted by molar-refractivity contribution is -0.123. The molecule has 0 saturated heterocycles. The van der Waals surface area contributed by atoms with Gasteiger partial charge in [0.25, 0.3) is 0 Å². The molecule has 5 rings (SSSR count). The van der Waals surface area contributed by atoms with E-state index < -0.39 is 24.1 Å². The molecule has 2 unspecified atom stereocenters. The van der Waals surface area contributed by atoms with E-state index in [1.807, 2.05) is 60.8 Å². The van der Waals surface area contributed by atoms with E-state index in [-0.39, 0.29) is 18.9 Å². The highest BCUT2D eigenvalue weighted by molar-refractivity contribution is 5.88. The summed E-state index contributed by atoms with van der Waals surface area (Å²) >= 11 is 0. The van der Waals surface area contributed by atoms with Crippen molar-refractivity contribution in [2.45, 2.75) is 31.3 Å². The number of alkyl carbamates (subject to hydrolysis) is 1. The highest BCUT2D eigenvalue weighted by Gasteiger charge is 2.30. The maximum atomic E-state index is 13.0. The van der Waals surface area contributed by atoms with Crippen LogP contribution in [0.5, 0.6) is 0 Å². The standard InChI is InChI=1S/C29H26N4O3/c1-18(15-30)32-28(34)27(14-19-16-31-26-13-7-6-8-20(19)26)33-29(35)36-17-25-23-11-4-2-9-21(23)22-10-3-5-12-24(22)25/h2-13,16,18,25,27,31H,14,17H2,1H3,(H,32,34)(H,33,35). The lowest BCUT2D eigenvalue weighted by Gasteiger charge is -2.20. The Morgan fingerprint density at radius 2 is 1.61 bits per heavy atom. The third-order valence-electron chi connectivity index (χ3n) is 6.60. The van der Waals surface area contributed by atoms with Crippen LogP contribution >= 0.6 is 0 Å². The summed E-state index contributed by atoms with van der Waals surface area (Å²) in [5, 5.41) is 15.5. The summed E-state index contributed by atoms with van der Waals surface area (Å²) in [4.78, 5) is 29.0. The van der Waals surface area contributed by atoms with E-state index in [0.717, 1.165) is 38.7 Å². The number of H-pyrrole nitrogens is 1. The molecule has 2 amide bonds. The molecule has 0 spiro atoms. The molecule has 1 aliphatic carbocycles. The molecule has 4 aromatic rings. The fourth-order valence-electron chi connectivity index (χ4n) is 4.86. The van der Waals surface area contributed by atoms with Crippen molar-refractivity contribution in [3.63, 3.8) is 0 Å². The number of ether oxygens (including phenoxy) is 1. The second-order valence-electron chi connectivity index (χ2n) is 8.95. The van der Waals surface area contributed by atoms with Crippen molar-refractivity contribution < 1.29 is 14.3 Å². The topological polar surface area (TPSA) is 107 Å². The Morgan fingerprint density at radius 1 is 0.972 bits per heavy atom. The Labute approximate surface area is 209 Å². The number of carbonyl (C=O) groups excluding carboxylic acids is 2. The van der Waals surface area contributed by atoms with Gasteiger partial charge in [-0.25, -0.2) is 4.79 Å². The summed E-state index contributed by atoms with van der Waals surface area (Å²) in [6, 6.07) is 24.4. The van der Waals surface area contributed by atoms with Crippen LogP contribution in [0.1, 0.15) is 29.5 Å². The predicted molar refractivity (Wildman–Crippen MR) is 137 cm³/mol. The zero-order chi connectivity index (χ0) is 25.1. The minimum Gasteiger partial charge on any atom is -0.449 e. The van der Waals surface area contributed by atoms with Crippen molar-refractivity contribution >= 4 is 22.9 Å². The first-order valence-corrected chi connectivity index (χ1v) is 11.9. The Bertz CT molecular complexity index is 1420. The molecule has 0 radical (unpaired) electrons. The predicted octanol–water partition coefficient (Wildman–Crippen LogP) is 4.65. The zero-order valence-electron chi connectivity index (χ0n) is 19.8. The van der Waals surface area contributed by atoms with Gasteiger partial charge in [-0.1, -0.05) is 66.7 Å². The fourth-order valence-corrected chi connectivity index (χ4v) is 4.86. The maximum absolute atomic E-state index is 13.0. The van der Waals surface area contributed by atoms with Crippen LogP contribution in [0.4, 0.5) is 4.79 Å². The van der Waals surface area contributed by atoms with Gasteiger partial charge in [0.2, 0.25) is 5.91 Å². The van der Waals surface area contributed by atoms with Crippen molar-refractivity contribution in [3.05, 3.63) is 95.7 Å². The first-order chi connectivity index (χ1) is 17.5. The lowest BCUT2D eigenvalue weighted by atomic mass is 9.98. The second-order valence-corrected chi connectivity index (χ2v) is 8.95. The van der Waals surface area contributed by atoms with Crippen molar-refractivity contribution in [3.8, 4) is 17.2 Å². The molecule has 1 aliphatic rings. The molecule has 2 atom stereocenters. The van der Waals surface area contributed by atoms with Gasteiger partial charge in [-0.15, -0.1) is 0 Å². The molecule has 3 N–H and O–H groups in total. The molecule has 0 bridgehead atoms. The summed E-state index contributed by atoms with van der Waals surface area (Å²) in [6.07, 6.45) is 1.40. The van der Waals surface area contributed by atoms with Crippen LogP contribution in [0, 0.1) is 11.3 Å². The third kappa shape index (κ3) is 4.53. The molecular formula is C29H26N4O3. The first-order valence-electron chi connectivity index (χ1n) is 11.9. The summed E-state index contributed by atoms with van der Waals surface area (Å²) in [5.74, 6) is -0.523. The number of nitrogens with zero attached hydrogens (tertiary/aromatic N) is 1. The number of hydrogen-bond acceptors (Lipinski definition) is 4. The molecule has 7 heteroatoms. The number of aromatic nitrogens is 1. The number of para-hydroxylation sites is 1. The van der Waals surface area contributed by atoms with Crippen LogP contribution < -0.4 is 10.6 Å². The van der Waals surface area contributed by atoms with E-state index in [9.17, 15) is 9.59 Å². The maximum Gasteiger partial charge on any atom is 0.407 e. The minimum absolute atomic E-state index is 0.0809. The van der Waals surface area contributed by atoms with E-state index in [2.05, 4.69) is 39.9 Å². The van der Waals surface area contributed by atoms with E-state index in [1.54, 1.807) is 6.92 Å². The summed E-state index contributed by atoms with van der Waals surface area (Å²) in [6.45, 7) is 1.74. The van der Waals surface area contributed by atoms with Gasteiger partial charge in [-0.2, -0.15) is 5.26 Å². The van der Waals surface area contributed by atoms with Gasteiger partial charge in [0.1, 0.15) is 18.7 Å². The monoisotopic (exact) mass is 478 g/mol. The molecular weight excluding hydrogens is 452 g/mol. The number of nitrogens with one attached hydrogen (secondary N) is 3. The molecule has 0 aliphatic heterocycles. The Hall–Kier alpha value is -4.57. The first kappa shape index (κ1) is 23.2. The number of hydrogen-bond donors (Lipinski definition) is 3. The number of fused-ring (bicyclic) bond motifs is 4. The largest absolute Gasteiger partial charge is 0.449 e. The fraction of sp³-hybridized carbons (Fsp3) is 0.207. The SMILES string of the molecule is CC(C#N)NC(=O)C(Cc1c[nH]c2ccccc12)NC(=O)OCC1c2ccccc2-c2ccccc21. The number of aromatic amines is 1. The van der Waals surface area contributed by atoms with Crippen LogP contribution in [0.3, 0.4) is 0 Å². The Morgan fingerprint density at radius 3 is 2.31 bits per heavy atom. The van der Waals surface area contributed by atoms with Crippen molar-refractivity contribution in [1.82, 2.24) is 15.6 Å². The minimum atomic E-state index is -0.907. The number of nitriles is 1. The number of benzene rings is 3. The number of carbonyl (C=O) groups is 2. The van der Waals surface area contributed by atoms with Crippen LogP contribution in [0.2, 0.25) is 0 Å². The average molecular weight is 479 g/mol. The normalized spacial score (nSPS) is 13.8. The third-order valence-corrected chi connectivity index (χ3v) is 6.60. The van der Waals surface area contributed by atoms with Crippen LogP contribution in [0.25, 0.3) is 22.0 Å². The average Bonchev–Trinajstić information content (AvgIpc) is 3.46. The van der Waals surface area contributed by atoms with Crippen LogP contribution in [-0.2, 0) is 16.0 Å². The smallest absolute Gasteiger partial charge is 0.407 e. The van der Waals surface area contributed by atoms with Gasteiger partial charge < -0.3 is 20.4 Å². The molecule has 1 aromatic heterocycles. The van der Waals surface area contributed by atoms with Gasteiger partial charge in [0.05, 0.1) is 6.07 Å². The molecule has 180 valence electrons. The second kappa shape index (κ2) is 9.96. The van der Waals surface area contributed by atoms with Gasteiger partial charge in [0, 0.05) is 29.4 Å². The Kier molecular flexibility index (Phi) is 6.42. The number of rotatable bonds is 7.